The highest BCUT2D eigenvalue weighted by Gasteiger charge is 2.21. The van der Waals surface area contributed by atoms with Crippen molar-refractivity contribution in [3.63, 3.8) is 0 Å². The Bertz CT molecular complexity index is 1300. The van der Waals surface area contributed by atoms with Crippen molar-refractivity contribution in [2.24, 2.45) is 0 Å². The molecule has 180 valence electrons. The molecule has 0 heterocycles. The molecule has 0 aromatic heterocycles. The van der Waals surface area contributed by atoms with Gasteiger partial charge in [0.25, 0.3) is 10.0 Å². The van der Waals surface area contributed by atoms with E-state index in [0.717, 1.165) is 0 Å². The predicted molar refractivity (Wildman–Crippen MR) is 130 cm³/mol. The molecule has 0 amide bonds. The van der Waals surface area contributed by atoms with Crippen LogP contribution < -0.4 is 29.4 Å². The van der Waals surface area contributed by atoms with Crippen molar-refractivity contribution < 1.29 is 31.8 Å². The highest BCUT2D eigenvalue weighted by Crippen LogP contribution is 2.39. The third kappa shape index (κ3) is 5.18. The standard InChI is InChI=1S/C24H25FN2O6S/c1-30-19-11-10-16(9-8-15-12-20(31-2)24(33-4)21(13-15)32-3)23(22(19)25)27-34(28,29)18-7-5-6-17(26)14-18/h5-14,27H,26H2,1-4H3. The van der Waals surface area contributed by atoms with Crippen LogP contribution in [0.15, 0.2) is 53.4 Å². The van der Waals surface area contributed by atoms with Crippen LogP contribution in [-0.4, -0.2) is 36.9 Å². The van der Waals surface area contributed by atoms with Crippen LogP contribution in [0.5, 0.6) is 23.0 Å². The highest BCUT2D eigenvalue weighted by molar-refractivity contribution is 7.92. The van der Waals surface area contributed by atoms with Crippen LogP contribution in [0.4, 0.5) is 15.8 Å². The van der Waals surface area contributed by atoms with Crippen molar-refractivity contribution >= 4 is 33.6 Å². The normalized spacial score (nSPS) is 11.3. The molecule has 0 bridgehead atoms. The SMILES string of the molecule is COc1ccc(C=Cc2cc(OC)c(OC)c(OC)c2)c(NS(=O)(=O)c2cccc(N)c2)c1F. The molecule has 3 aromatic rings. The van der Waals surface area contributed by atoms with Gasteiger partial charge >= 0.3 is 0 Å². The number of halogens is 1. The molecule has 0 aliphatic heterocycles. The summed E-state index contributed by atoms with van der Waals surface area (Å²) in [5.41, 5.74) is 6.61. The maximum Gasteiger partial charge on any atom is 0.262 e. The summed E-state index contributed by atoms with van der Waals surface area (Å²) in [6.07, 6.45) is 3.21. The summed E-state index contributed by atoms with van der Waals surface area (Å²) in [5, 5.41) is 0. The molecule has 8 nitrogen and oxygen atoms in total. The Hall–Kier alpha value is -3.92. The average molecular weight is 489 g/mol. The van der Waals surface area contributed by atoms with Gasteiger partial charge in [-0.05, 0) is 48.0 Å². The first-order valence-corrected chi connectivity index (χ1v) is 11.4. The molecule has 3 rings (SSSR count). The molecule has 3 N–H and O–H groups in total. The summed E-state index contributed by atoms with van der Waals surface area (Å²) in [7, 11) is 1.64. The summed E-state index contributed by atoms with van der Waals surface area (Å²) in [6, 6.07) is 12.0. The molecule has 0 aliphatic carbocycles. The molecule has 0 unspecified atom stereocenters. The van der Waals surface area contributed by atoms with Gasteiger partial charge in [-0.2, -0.15) is 0 Å². The summed E-state index contributed by atoms with van der Waals surface area (Å²) in [4.78, 5) is -0.103. The lowest BCUT2D eigenvalue weighted by Crippen LogP contribution is -2.15. The lowest BCUT2D eigenvalue weighted by molar-refractivity contribution is 0.324. The largest absolute Gasteiger partial charge is 0.494 e. The van der Waals surface area contributed by atoms with E-state index in [1.54, 1.807) is 30.4 Å². The molecule has 0 saturated heterocycles. The summed E-state index contributed by atoms with van der Waals surface area (Å²) >= 11 is 0. The van der Waals surface area contributed by atoms with E-state index in [0.29, 0.717) is 22.8 Å². The van der Waals surface area contributed by atoms with Crippen LogP contribution >= 0.6 is 0 Å². The minimum atomic E-state index is -4.14. The number of nitrogens with two attached hydrogens (primary N) is 1. The first-order chi connectivity index (χ1) is 16.2. The first kappa shape index (κ1) is 24.7. The van der Waals surface area contributed by atoms with Crippen LogP contribution in [0.3, 0.4) is 0 Å². The molecule has 34 heavy (non-hydrogen) atoms. The van der Waals surface area contributed by atoms with E-state index in [1.807, 2.05) is 0 Å². The van der Waals surface area contributed by atoms with Crippen molar-refractivity contribution in [1.82, 2.24) is 0 Å². The van der Waals surface area contributed by atoms with Crippen molar-refractivity contribution in [3.8, 4) is 23.0 Å². The van der Waals surface area contributed by atoms with Crippen LogP contribution in [0.1, 0.15) is 11.1 Å². The second-order valence-corrected chi connectivity index (χ2v) is 8.70. The van der Waals surface area contributed by atoms with E-state index >= 15 is 4.39 Å². The van der Waals surface area contributed by atoms with Crippen molar-refractivity contribution in [2.45, 2.75) is 4.90 Å². The maximum absolute atomic E-state index is 15.2. The zero-order valence-corrected chi connectivity index (χ0v) is 19.9. The Morgan fingerprint density at radius 2 is 1.50 bits per heavy atom. The smallest absolute Gasteiger partial charge is 0.262 e. The molecule has 0 atom stereocenters. The molecule has 0 fully saturated rings. The Balaban J connectivity index is 2.07. The predicted octanol–water partition coefficient (Wildman–Crippen LogP) is 4.41. The third-order valence-corrected chi connectivity index (χ3v) is 6.25. The summed E-state index contributed by atoms with van der Waals surface area (Å²) in [6.45, 7) is 0. The zero-order chi connectivity index (χ0) is 24.9. The van der Waals surface area contributed by atoms with E-state index in [2.05, 4.69) is 4.72 Å². The minimum absolute atomic E-state index is 0.103. The minimum Gasteiger partial charge on any atom is -0.494 e. The van der Waals surface area contributed by atoms with Crippen molar-refractivity contribution in [1.29, 1.82) is 0 Å². The topological polar surface area (TPSA) is 109 Å². The van der Waals surface area contributed by atoms with Gasteiger partial charge < -0.3 is 24.7 Å². The number of nitrogen functional groups attached to an aromatic ring is 1. The second kappa shape index (κ2) is 10.3. The fourth-order valence-corrected chi connectivity index (χ4v) is 4.37. The van der Waals surface area contributed by atoms with Crippen LogP contribution in [0, 0.1) is 5.82 Å². The van der Waals surface area contributed by atoms with Crippen molar-refractivity contribution in [2.75, 3.05) is 38.9 Å². The van der Waals surface area contributed by atoms with Gasteiger partial charge in [-0.3, -0.25) is 4.72 Å². The first-order valence-electron chi connectivity index (χ1n) is 9.97. The van der Waals surface area contributed by atoms with E-state index < -0.39 is 15.8 Å². The highest BCUT2D eigenvalue weighted by atomic mass is 32.2. The second-order valence-electron chi connectivity index (χ2n) is 7.02. The van der Waals surface area contributed by atoms with Gasteiger partial charge in [-0.1, -0.05) is 18.2 Å². The van der Waals surface area contributed by atoms with Gasteiger partial charge in [0, 0.05) is 11.3 Å². The van der Waals surface area contributed by atoms with Crippen LogP contribution in [0.25, 0.3) is 12.2 Å². The molecule has 0 saturated carbocycles. The van der Waals surface area contributed by atoms with E-state index in [1.165, 1.54) is 58.8 Å². The number of benzene rings is 3. The fourth-order valence-electron chi connectivity index (χ4n) is 3.23. The number of anilines is 2. The molecule has 0 radical (unpaired) electrons. The molecule has 0 aliphatic rings. The van der Waals surface area contributed by atoms with Crippen LogP contribution in [-0.2, 0) is 10.0 Å². The Labute approximate surface area is 197 Å². The zero-order valence-electron chi connectivity index (χ0n) is 19.1. The number of hydrogen-bond acceptors (Lipinski definition) is 7. The molecule has 10 heteroatoms. The quantitative estimate of drug-likeness (QED) is 0.339. The number of nitrogens with one attached hydrogen (secondary N) is 1. The van der Waals surface area contributed by atoms with Crippen LogP contribution in [0.2, 0.25) is 0 Å². The fraction of sp³-hybridized carbons (Fsp3) is 0.167. The van der Waals surface area contributed by atoms with Gasteiger partial charge in [0.05, 0.1) is 39.0 Å². The Kier molecular flexibility index (Phi) is 7.52. The Morgan fingerprint density at radius 3 is 2.06 bits per heavy atom. The Morgan fingerprint density at radius 1 is 0.853 bits per heavy atom. The van der Waals surface area contributed by atoms with E-state index in [4.69, 9.17) is 24.7 Å². The van der Waals surface area contributed by atoms with E-state index in [9.17, 15) is 8.42 Å². The van der Waals surface area contributed by atoms with E-state index in [-0.39, 0.29) is 27.6 Å². The molecule has 0 spiro atoms. The van der Waals surface area contributed by atoms with Gasteiger partial charge in [0.1, 0.15) is 0 Å². The molecular formula is C24H25FN2O6S. The lowest BCUT2D eigenvalue weighted by Gasteiger charge is -2.15. The maximum atomic E-state index is 15.2. The number of sulfonamides is 1. The summed E-state index contributed by atoms with van der Waals surface area (Å²) < 4.78 is 64.4. The average Bonchev–Trinajstić information content (AvgIpc) is 2.83. The molecular weight excluding hydrogens is 463 g/mol. The monoisotopic (exact) mass is 488 g/mol. The number of methoxy groups -OCH3 is 4. The number of ether oxygens (including phenoxy) is 4. The van der Waals surface area contributed by atoms with Gasteiger partial charge in [-0.25, -0.2) is 12.8 Å². The lowest BCUT2D eigenvalue weighted by atomic mass is 10.1. The van der Waals surface area contributed by atoms with Crippen molar-refractivity contribution in [3.05, 3.63) is 65.5 Å². The summed E-state index contributed by atoms with van der Waals surface area (Å²) in [5.74, 6) is 0.320. The molecule has 3 aromatic carbocycles. The van der Waals surface area contributed by atoms with Gasteiger partial charge in [0.2, 0.25) is 5.75 Å². The third-order valence-electron chi connectivity index (χ3n) is 4.91. The van der Waals surface area contributed by atoms with Gasteiger partial charge in [0.15, 0.2) is 23.1 Å². The van der Waals surface area contributed by atoms with Gasteiger partial charge in [-0.15, -0.1) is 0 Å². The number of rotatable bonds is 9. The number of hydrogen-bond donors (Lipinski definition) is 2.